The first-order valence-corrected chi connectivity index (χ1v) is 15.5. The zero-order chi connectivity index (χ0) is 23.7. The maximum absolute atomic E-state index is 6.83. The molecule has 0 heterocycles. The van der Waals surface area contributed by atoms with Crippen LogP contribution in [0.1, 0.15) is 79.6 Å². The Bertz CT molecular complexity index is 894. The predicted molar refractivity (Wildman–Crippen MR) is 141 cm³/mol. The van der Waals surface area contributed by atoms with Crippen LogP contribution in [0, 0.1) is 47.4 Å². The number of fused-ring (bicyclic) bond motifs is 1. The van der Waals surface area contributed by atoms with Crippen molar-refractivity contribution in [3.8, 4) is 24.2 Å². The molecule has 174 valence electrons. The van der Waals surface area contributed by atoms with Crippen LogP contribution < -0.4 is 0 Å². The molecule has 3 rings (SSSR count). The molecule has 3 aliphatic rings. The molecule has 32 heavy (non-hydrogen) atoms. The summed E-state index contributed by atoms with van der Waals surface area (Å²) in [5, 5.41) is 0.216. The van der Waals surface area contributed by atoms with Crippen LogP contribution in [0.25, 0.3) is 0 Å². The van der Waals surface area contributed by atoms with E-state index < -0.39 is 8.32 Å². The number of rotatable bonds is 3. The van der Waals surface area contributed by atoms with E-state index in [9.17, 15) is 0 Å². The van der Waals surface area contributed by atoms with Crippen LogP contribution in [0.2, 0.25) is 18.1 Å². The van der Waals surface area contributed by atoms with Crippen LogP contribution in [0.3, 0.4) is 0 Å². The van der Waals surface area contributed by atoms with Crippen molar-refractivity contribution in [2.45, 2.75) is 104 Å². The van der Waals surface area contributed by atoms with Crippen molar-refractivity contribution in [1.82, 2.24) is 0 Å². The summed E-state index contributed by atoms with van der Waals surface area (Å²) in [4.78, 5) is 0. The standard InChI is InChI=1S/C30H44OSi/c1-10-11-14-26-17-18-27-25(13-12-19-30(26,27)7)16-15-24-20-22(2)23(3)28(21-24)31-32(8,9)29(4,5)6/h1,15-16,22,26-28H,3,12-13,17-21H2,2,4-9H3/b24-15-,25-16+/t22-,26+,27?,28-,30-/m1/s1. The van der Waals surface area contributed by atoms with Crippen molar-refractivity contribution in [1.29, 1.82) is 0 Å². The third kappa shape index (κ3) is 5.03. The van der Waals surface area contributed by atoms with Gasteiger partial charge in [-0.15, -0.1) is 6.42 Å². The number of hydrogen-bond acceptors (Lipinski definition) is 1. The van der Waals surface area contributed by atoms with Crippen LogP contribution in [0.15, 0.2) is 35.5 Å². The van der Waals surface area contributed by atoms with Gasteiger partial charge in [-0.1, -0.05) is 70.4 Å². The lowest BCUT2D eigenvalue weighted by molar-refractivity contribution is 0.167. The Balaban J connectivity index is 1.79. The van der Waals surface area contributed by atoms with Crippen molar-refractivity contribution in [3.05, 3.63) is 35.5 Å². The third-order valence-corrected chi connectivity index (χ3v) is 13.6. The summed E-state index contributed by atoms with van der Waals surface area (Å²) in [5.74, 6) is 10.4. The van der Waals surface area contributed by atoms with Crippen LogP contribution in [0.4, 0.5) is 0 Å². The first kappa shape index (κ1) is 25.1. The van der Waals surface area contributed by atoms with E-state index >= 15 is 0 Å². The molecule has 0 aromatic carbocycles. The molecule has 0 spiro atoms. The lowest BCUT2D eigenvalue weighted by Crippen LogP contribution is -2.45. The molecule has 0 aromatic rings. The molecule has 0 aromatic heterocycles. The van der Waals surface area contributed by atoms with Gasteiger partial charge in [0.1, 0.15) is 0 Å². The quantitative estimate of drug-likeness (QED) is 0.241. The molecule has 0 aliphatic heterocycles. The van der Waals surface area contributed by atoms with E-state index in [1.54, 1.807) is 5.57 Å². The summed E-state index contributed by atoms with van der Waals surface area (Å²) >= 11 is 0. The Kier molecular flexibility index (Phi) is 7.39. The van der Waals surface area contributed by atoms with Gasteiger partial charge < -0.3 is 4.43 Å². The summed E-state index contributed by atoms with van der Waals surface area (Å²) in [6.07, 6.45) is 18.8. The summed E-state index contributed by atoms with van der Waals surface area (Å²) in [7, 11) is -1.83. The first-order valence-electron chi connectivity index (χ1n) is 12.6. The average molecular weight is 449 g/mol. The summed E-state index contributed by atoms with van der Waals surface area (Å²) in [6, 6.07) is 0. The van der Waals surface area contributed by atoms with Crippen LogP contribution in [-0.4, -0.2) is 14.4 Å². The molecule has 3 saturated carbocycles. The van der Waals surface area contributed by atoms with Crippen molar-refractivity contribution < 1.29 is 4.43 Å². The van der Waals surface area contributed by atoms with Gasteiger partial charge in [-0.05, 0) is 97.7 Å². The van der Waals surface area contributed by atoms with E-state index in [1.807, 2.05) is 0 Å². The molecule has 0 N–H and O–H groups in total. The highest BCUT2D eigenvalue weighted by Crippen LogP contribution is 2.57. The number of allylic oxidation sites excluding steroid dienone is 3. The minimum atomic E-state index is -1.83. The first-order chi connectivity index (χ1) is 14.9. The van der Waals surface area contributed by atoms with E-state index in [0.717, 1.165) is 12.8 Å². The molecule has 1 nitrogen and oxygen atoms in total. The fourth-order valence-electron chi connectivity index (χ4n) is 5.91. The van der Waals surface area contributed by atoms with Gasteiger partial charge in [0.2, 0.25) is 0 Å². The Hall–Kier alpha value is -1.48. The molecular weight excluding hydrogens is 404 g/mol. The summed E-state index contributed by atoms with van der Waals surface area (Å²) in [5.41, 5.74) is 4.73. The van der Waals surface area contributed by atoms with Gasteiger partial charge >= 0.3 is 0 Å². The lowest BCUT2D eigenvalue weighted by Gasteiger charge is -2.42. The van der Waals surface area contributed by atoms with Crippen LogP contribution >= 0.6 is 0 Å². The second kappa shape index (κ2) is 9.41. The fourth-order valence-corrected chi connectivity index (χ4v) is 7.21. The van der Waals surface area contributed by atoms with E-state index in [4.69, 9.17) is 10.8 Å². The smallest absolute Gasteiger partial charge is 0.192 e. The number of terminal acetylenes is 1. The Morgan fingerprint density at radius 2 is 1.91 bits per heavy atom. The van der Waals surface area contributed by atoms with E-state index in [2.05, 4.69) is 84.2 Å². The largest absolute Gasteiger partial charge is 0.410 e. The van der Waals surface area contributed by atoms with Crippen molar-refractivity contribution in [2.24, 2.45) is 23.2 Å². The van der Waals surface area contributed by atoms with Gasteiger partial charge in [0.25, 0.3) is 0 Å². The molecule has 0 saturated heterocycles. The van der Waals surface area contributed by atoms with E-state index in [0.29, 0.717) is 17.8 Å². The minimum absolute atomic E-state index is 0.163. The normalized spacial score (nSPS) is 35.9. The zero-order valence-corrected chi connectivity index (χ0v) is 22.6. The second-order valence-corrected chi connectivity index (χ2v) is 17.0. The molecule has 3 aliphatic carbocycles. The SMILES string of the molecule is C#CC#C[C@H]1CCC2/C(=C/C=C3/C[C@@H](C)C(=C)[C@H](O[Si](C)(C)C(C)(C)C)C3)CCC[C@@]21C. The monoisotopic (exact) mass is 448 g/mol. The van der Waals surface area contributed by atoms with Gasteiger partial charge in [-0.25, -0.2) is 0 Å². The topological polar surface area (TPSA) is 9.23 Å². The van der Waals surface area contributed by atoms with E-state index in [-0.39, 0.29) is 16.6 Å². The molecule has 0 amide bonds. The molecule has 0 bridgehead atoms. The van der Waals surface area contributed by atoms with Gasteiger partial charge in [-0.2, -0.15) is 0 Å². The van der Waals surface area contributed by atoms with Gasteiger partial charge in [0.05, 0.1) is 6.10 Å². The van der Waals surface area contributed by atoms with E-state index in [1.165, 1.54) is 43.3 Å². The van der Waals surface area contributed by atoms with Gasteiger partial charge in [0.15, 0.2) is 8.32 Å². The molecule has 2 heteroatoms. The van der Waals surface area contributed by atoms with Gasteiger partial charge in [0, 0.05) is 5.92 Å². The third-order valence-electron chi connectivity index (χ3n) is 9.12. The predicted octanol–water partition coefficient (Wildman–Crippen LogP) is 8.07. The highest BCUT2D eigenvalue weighted by atomic mass is 28.4. The van der Waals surface area contributed by atoms with Crippen LogP contribution in [0.5, 0.6) is 0 Å². The Labute approximate surface area is 199 Å². The van der Waals surface area contributed by atoms with Crippen molar-refractivity contribution >= 4 is 8.32 Å². The maximum Gasteiger partial charge on any atom is 0.192 e. The highest BCUT2D eigenvalue weighted by molar-refractivity contribution is 6.74. The molecular formula is C30H44OSi. The molecule has 5 atom stereocenters. The molecule has 0 radical (unpaired) electrons. The molecule has 1 unspecified atom stereocenters. The maximum atomic E-state index is 6.83. The minimum Gasteiger partial charge on any atom is -0.410 e. The Morgan fingerprint density at radius 1 is 1.19 bits per heavy atom. The number of hydrogen-bond donors (Lipinski definition) is 0. The van der Waals surface area contributed by atoms with Crippen molar-refractivity contribution in [2.75, 3.05) is 0 Å². The molecule has 3 fully saturated rings. The van der Waals surface area contributed by atoms with Crippen LogP contribution in [-0.2, 0) is 4.43 Å². The average Bonchev–Trinajstić information content (AvgIpc) is 3.04. The van der Waals surface area contributed by atoms with Crippen molar-refractivity contribution in [3.63, 3.8) is 0 Å². The second-order valence-electron chi connectivity index (χ2n) is 12.3. The highest BCUT2D eigenvalue weighted by Gasteiger charge is 2.48. The Morgan fingerprint density at radius 3 is 2.56 bits per heavy atom. The summed E-state index contributed by atoms with van der Waals surface area (Å²) in [6.45, 7) is 20.9. The lowest BCUT2D eigenvalue weighted by atomic mass is 9.63. The summed E-state index contributed by atoms with van der Waals surface area (Å²) < 4.78 is 6.83. The zero-order valence-electron chi connectivity index (χ0n) is 21.6. The fraction of sp³-hybridized carbons (Fsp3) is 0.667. The van der Waals surface area contributed by atoms with Gasteiger partial charge in [-0.3, -0.25) is 0 Å².